The van der Waals surface area contributed by atoms with Gasteiger partial charge in [-0.15, -0.1) is 0 Å². The van der Waals surface area contributed by atoms with Gasteiger partial charge in [-0.05, 0) is 25.9 Å². The van der Waals surface area contributed by atoms with Crippen LogP contribution in [0.25, 0.3) is 0 Å². The summed E-state index contributed by atoms with van der Waals surface area (Å²) in [5.74, 6) is 0.322. The summed E-state index contributed by atoms with van der Waals surface area (Å²) in [5.41, 5.74) is 0. The van der Waals surface area contributed by atoms with Crippen LogP contribution in [0, 0.1) is 0 Å². The van der Waals surface area contributed by atoms with Crippen LogP contribution in [0.5, 0.6) is 0 Å². The van der Waals surface area contributed by atoms with Crippen LogP contribution in [-0.2, 0) is 4.79 Å². The second-order valence-corrected chi connectivity index (χ2v) is 4.41. The molecule has 0 spiro atoms. The van der Waals surface area contributed by atoms with Gasteiger partial charge in [0.1, 0.15) is 0 Å². The molecule has 4 nitrogen and oxygen atoms in total. The highest BCUT2D eigenvalue weighted by atomic mass is 16.2. The van der Waals surface area contributed by atoms with E-state index in [1.165, 1.54) is 0 Å². The molecule has 1 amide bonds. The van der Waals surface area contributed by atoms with Gasteiger partial charge in [0.05, 0.1) is 6.04 Å². The molecular formula is C11H21N3O. The second kappa shape index (κ2) is 4.94. The van der Waals surface area contributed by atoms with Gasteiger partial charge in [-0.3, -0.25) is 4.79 Å². The Morgan fingerprint density at radius 3 is 2.60 bits per heavy atom. The first-order chi connectivity index (χ1) is 7.31. The normalized spacial score (nSPS) is 28.3. The van der Waals surface area contributed by atoms with Crippen LogP contribution in [-0.4, -0.2) is 61.0 Å². The molecule has 86 valence electrons. The van der Waals surface area contributed by atoms with Gasteiger partial charge in [-0.25, -0.2) is 0 Å². The maximum atomic E-state index is 12.0. The summed E-state index contributed by atoms with van der Waals surface area (Å²) in [6.45, 7) is 8.17. The highest BCUT2D eigenvalue weighted by Gasteiger charge is 2.28. The van der Waals surface area contributed by atoms with Crippen molar-refractivity contribution in [3.05, 3.63) is 0 Å². The highest BCUT2D eigenvalue weighted by Crippen LogP contribution is 2.10. The Hall–Kier alpha value is -0.610. The van der Waals surface area contributed by atoms with Crippen LogP contribution in [0.3, 0.4) is 0 Å². The first-order valence-corrected chi connectivity index (χ1v) is 6.06. The molecule has 1 atom stereocenters. The summed E-state index contributed by atoms with van der Waals surface area (Å²) in [7, 11) is 0. The molecule has 0 aromatic rings. The number of nitrogens with zero attached hydrogens (tertiary/aromatic N) is 2. The zero-order chi connectivity index (χ0) is 10.7. The molecule has 0 radical (unpaired) electrons. The van der Waals surface area contributed by atoms with E-state index >= 15 is 0 Å². The second-order valence-electron chi connectivity index (χ2n) is 4.41. The zero-order valence-electron chi connectivity index (χ0n) is 9.54. The first-order valence-electron chi connectivity index (χ1n) is 6.06. The van der Waals surface area contributed by atoms with Crippen molar-refractivity contribution in [1.29, 1.82) is 0 Å². The third kappa shape index (κ3) is 2.49. The molecule has 0 aromatic carbocycles. The fourth-order valence-electron chi connectivity index (χ4n) is 2.40. The zero-order valence-corrected chi connectivity index (χ0v) is 9.54. The summed E-state index contributed by atoms with van der Waals surface area (Å²) in [6.07, 6.45) is 2.16. The van der Waals surface area contributed by atoms with Crippen molar-refractivity contribution in [3.8, 4) is 0 Å². The third-order valence-electron chi connectivity index (χ3n) is 3.49. The van der Waals surface area contributed by atoms with Crippen LogP contribution in [0.15, 0.2) is 0 Å². The minimum atomic E-state index is 0.109. The number of piperazine rings is 1. The average Bonchev–Trinajstić information content (AvgIpc) is 2.82. The molecule has 2 heterocycles. The van der Waals surface area contributed by atoms with Gasteiger partial charge in [0.2, 0.25) is 5.91 Å². The van der Waals surface area contributed by atoms with Crippen LogP contribution in [0.4, 0.5) is 0 Å². The van der Waals surface area contributed by atoms with Gasteiger partial charge in [0.15, 0.2) is 0 Å². The molecule has 4 heteroatoms. The van der Waals surface area contributed by atoms with E-state index in [1.54, 1.807) is 0 Å². The predicted octanol–water partition coefficient (Wildman–Crippen LogP) is -0.0975. The number of amides is 1. The molecular weight excluding hydrogens is 190 g/mol. The number of hydrogen-bond acceptors (Lipinski definition) is 3. The smallest absolute Gasteiger partial charge is 0.239 e. The standard InChI is InChI=1S/C11H21N3O/c1-2-13-6-8-14(9-7-13)11(15)10-4-3-5-12-10/h10,12H,2-9H2,1H3/t10-/m0/s1. The van der Waals surface area contributed by atoms with Gasteiger partial charge in [-0.1, -0.05) is 6.92 Å². The number of carbonyl (C=O) groups excluding carboxylic acids is 1. The average molecular weight is 211 g/mol. The topological polar surface area (TPSA) is 35.6 Å². The van der Waals surface area contributed by atoms with E-state index in [-0.39, 0.29) is 6.04 Å². The Kier molecular flexibility index (Phi) is 3.59. The van der Waals surface area contributed by atoms with Crippen LogP contribution < -0.4 is 5.32 Å². The van der Waals surface area contributed by atoms with E-state index in [2.05, 4.69) is 17.1 Å². The SMILES string of the molecule is CCN1CCN(C(=O)[C@@H]2CCCN2)CC1. The molecule has 0 bridgehead atoms. The maximum absolute atomic E-state index is 12.0. The summed E-state index contributed by atoms with van der Waals surface area (Å²) in [5, 5.41) is 3.27. The largest absolute Gasteiger partial charge is 0.339 e. The Labute approximate surface area is 91.6 Å². The molecule has 15 heavy (non-hydrogen) atoms. The third-order valence-corrected chi connectivity index (χ3v) is 3.49. The lowest BCUT2D eigenvalue weighted by Crippen LogP contribution is -2.52. The van der Waals surface area contributed by atoms with Crippen LogP contribution >= 0.6 is 0 Å². The lowest BCUT2D eigenvalue weighted by molar-refractivity contribution is -0.134. The van der Waals surface area contributed by atoms with Crippen molar-refractivity contribution in [3.63, 3.8) is 0 Å². The Bertz CT molecular complexity index is 218. The van der Waals surface area contributed by atoms with Gasteiger partial charge in [0.25, 0.3) is 0 Å². The molecule has 0 saturated carbocycles. The number of nitrogens with one attached hydrogen (secondary N) is 1. The lowest BCUT2D eigenvalue weighted by atomic mass is 10.2. The van der Waals surface area contributed by atoms with E-state index in [9.17, 15) is 4.79 Å². The minimum Gasteiger partial charge on any atom is -0.339 e. The van der Waals surface area contributed by atoms with Crippen molar-refractivity contribution in [2.24, 2.45) is 0 Å². The number of carbonyl (C=O) groups is 1. The minimum absolute atomic E-state index is 0.109. The highest BCUT2D eigenvalue weighted by molar-refractivity contribution is 5.82. The van der Waals surface area contributed by atoms with E-state index < -0.39 is 0 Å². The molecule has 2 fully saturated rings. The van der Waals surface area contributed by atoms with E-state index in [0.29, 0.717) is 5.91 Å². The lowest BCUT2D eigenvalue weighted by Gasteiger charge is -2.35. The molecule has 2 aliphatic heterocycles. The molecule has 0 aliphatic carbocycles. The van der Waals surface area contributed by atoms with Gasteiger partial charge in [0, 0.05) is 26.2 Å². The summed E-state index contributed by atoms with van der Waals surface area (Å²) in [6, 6.07) is 0.109. The first kappa shape index (κ1) is 10.9. The monoisotopic (exact) mass is 211 g/mol. The fraction of sp³-hybridized carbons (Fsp3) is 0.909. The van der Waals surface area contributed by atoms with E-state index in [0.717, 1.165) is 52.1 Å². The quantitative estimate of drug-likeness (QED) is 0.693. The Morgan fingerprint density at radius 1 is 1.33 bits per heavy atom. The van der Waals surface area contributed by atoms with Crippen molar-refractivity contribution in [2.75, 3.05) is 39.3 Å². The number of rotatable bonds is 2. The fourth-order valence-corrected chi connectivity index (χ4v) is 2.40. The molecule has 2 aliphatic rings. The summed E-state index contributed by atoms with van der Waals surface area (Å²) < 4.78 is 0. The number of likely N-dealkylation sites (N-methyl/N-ethyl adjacent to an activating group) is 1. The number of hydrogen-bond donors (Lipinski definition) is 1. The Balaban J connectivity index is 1.81. The van der Waals surface area contributed by atoms with E-state index in [4.69, 9.17) is 0 Å². The maximum Gasteiger partial charge on any atom is 0.239 e. The van der Waals surface area contributed by atoms with Gasteiger partial charge >= 0.3 is 0 Å². The van der Waals surface area contributed by atoms with Crippen molar-refractivity contribution in [1.82, 2.24) is 15.1 Å². The molecule has 0 unspecified atom stereocenters. The summed E-state index contributed by atoms with van der Waals surface area (Å²) in [4.78, 5) is 16.5. The van der Waals surface area contributed by atoms with Crippen molar-refractivity contribution in [2.45, 2.75) is 25.8 Å². The van der Waals surface area contributed by atoms with Gasteiger partial charge < -0.3 is 15.1 Å². The van der Waals surface area contributed by atoms with Crippen molar-refractivity contribution >= 4 is 5.91 Å². The summed E-state index contributed by atoms with van der Waals surface area (Å²) >= 11 is 0. The molecule has 0 aromatic heterocycles. The van der Waals surface area contributed by atoms with Crippen LogP contribution in [0.1, 0.15) is 19.8 Å². The van der Waals surface area contributed by atoms with E-state index in [1.807, 2.05) is 4.90 Å². The molecule has 2 saturated heterocycles. The predicted molar refractivity (Wildman–Crippen MR) is 59.7 cm³/mol. The van der Waals surface area contributed by atoms with Crippen molar-refractivity contribution < 1.29 is 4.79 Å². The molecule has 2 rings (SSSR count). The molecule has 1 N–H and O–H groups in total. The van der Waals surface area contributed by atoms with Crippen LogP contribution in [0.2, 0.25) is 0 Å². The van der Waals surface area contributed by atoms with Gasteiger partial charge in [-0.2, -0.15) is 0 Å². The Morgan fingerprint density at radius 2 is 2.07 bits per heavy atom.